The summed E-state index contributed by atoms with van der Waals surface area (Å²) in [5.41, 5.74) is 0.532. The third-order valence-electron chi connectivity index (χ3n) is 3.17. The lowest BCUT2D eigenvalue weighted by atomic mass is 10.2. The molecule has 0 spiro atoms. The Morgan fingerprint density at radius 1 is 1.44 bits per heavy atom. The molecule has 1 fully saturated rings. The van der Waals surface area contributed by atoms with Gasteiger partial charge in [-0.1, -0.05) is 6.07 Å². The lowest BCUT2D eigenvalue weighted by molar-refractivity contribution is -0.122. The van der Waals surface area contributed by atoms with E-state index >= 15 is 0 Å². The molecule has 1 aromatic heterocycles. The molecule has 0 bridgehead atoms. The Balaban J connectivity index is 1.83. The summed E-state index contributed by atoms with van der Waals surface area (Å²) >= 11 is 5.20. The molecule has 1 aliphatic rings. The summed E-state index contributed by atoms with van der Waals surface area (Å²) in [6.07, 6.45) is 3.40. The van der Waals surface area contributed by atoms with Crippen molar-refractivity contribution in [1.29, 1.82) is 0 Å². The van der Waals surface area contributed by atoms with Crippen molar-refractivity contribution in [2.24, 2.45) is 0 Å². The van der Waals surface area contributed by atoms with Crippen molar-refractivity contribution < 1.29 is 14.3 Å². The minimum Gasteiger partial charge on any atom is -0.444 e. The number of carbonyl (C=O) groups is 2. The monoisotopic (exact) mass is 362 g/mol. The van der Waals surface area contributed by atoms with E-state index in [-0.39, 0.29) is 5.91 Å². The fourth-order valence-electron chi connectivity index (χ4n) is 2.13. The van der Waals surface area contributed by atoms with Gasteiger partial charge in [-0.15, -0.1) is 0 Å². The van der Waals surface area contributed by atoms with E-state index in [1.165, 1.54) is 4.90 Å². The highest BCUT2D eigenvalue weighted by molar-refractivity contribution is 7.80. The number of pyridine rings is 1. The Labute approximate surface area is 152 Å². The van der Waals surface area contributed by atoms with Crippen molar-refractivity contribution in [3.63, 3.8) is 0 Å². The van der Waals surface area contributed by atoms with Crippen LogP contribution in [0.3, 0.4) is 0 Å². The molecule has 2 rings (SSSR count). The van der Waals surface area contributed by atoms with Crippen molar-refractivity contribution in [2.75, 3.05) is 13.1 Å². The fourth-order valence-corrected chi connectivity index (χ4v) is 2.41. The summed E-state index contributed by atoms with van der Waals surface area (Å²) in [5, 5.41) is 5.91. The molecule has 2 heterocycles. The quantitative estimate of drug-likeness (QED) is 0.474. The zero-order chi connectivity index (χ0) is 18.4. The van der Waals surface area contributed by atoms with E-state index in [1.54, 1.807) is 45.2 Å². The van der Waals surface area contributed by atoms with E-state index in [0.29, 0.717) is 36.0 Å². The lowest BCUT2D eigenvalue weighted by Gasteiger charge is -2.20. The molecule has 0 atom stereocenters. The highest BCUT2D eigenvalue weighted by atomic mass is 32.1. The lowest BCUT2D eigenvalue weighted by Crippen LogP contribution is -2.36. The summed E-state index contributed by atoms with van der Waals surface area (Å²) < 4.78 is 5.15. The smallest absolute Gasteiger partial charge is 0.407 e. The second-order valence-electron chi connectivity index (χ2n) is 6.48. The molecule has 1 aromatic rings. The first kappa shape index (κ1) is 18.9. The van der Waals surface area contributed by atoms with Crippen LogP contribution in [0.5, 0.6) is 0 Å². The van der Waals surface area contributed by atoms with Crippen molar-refractivity contribution in [3.05, 3.63) is 35.8 Å². The maximum absolute atomic E-state index is 12.4. The van der Waals surface area contributed by atoms with Gasteiger partial charge < -0.3 is 15.4 Å². The number of nitrogens with zero attached hydrogens (tertiary/aromatic N) is 2. The van der Waals surface area contributed by atoms with Crippen LogP contribution in [0.1, 0.15) is 32.9 Å². The molecule has 1 saturated heterocycles. The number of thiocarbonyl (C=S) groups is 1. The van der Waals surface area contributed by atoms with Crippen LogP contribution in [0.2, 0.25) is 0 Å². The molecular weight excluding hydrogens is 340 g/mol. The number of nitrogens with one attached hydrogen (secondary N) is 2. The molecule has 0 aromatic carbocycles. The van der Waals surface area contributed by atoms with Crippen LogP contribution in [0.15, 0.2) is 30.1 Å². The average molecular weight is 362 g/mol. The van der Waals surface area contributed by atoms with Gasteiger partial charge in [-0.2, -0.15) is 0 Å². The molecule has 7 nitrogen and oxygen atoms in total. The Kier molecular flexibility index (Phi) is 6.08. The van der Waals surface area contributed by atoms with Gasteiger partial charge in [0.2, 0.25) is 0 Å². The first-order valence-corrected chi connectivity index (χ1v) is 8.39. The first-order valence-electron chi connectivity index (χ1n) is 7.99. The third kappa shape index (κ3) is 5.82. The van der Waals surface area contributed by atoms with Gasteiger partial charge in [-0.25, -0.2) is 4.79 Å². The fraction of sp³-hybridized carbons (Fsp3) is 0.412. The van der Waals surface area contributed by atoms with Crippen molar-refractivity contribution in [2.45, 2.75) is 32.8 Å². The Hall–Kier alpha value is -2.48. The van der Waals surface area contributed by atoms with E-state index in [9.17, 15) is 9.59 Å². The molecule has 8 heteroatoms. The number of ether oxygens (including phenoxy) is 1. The normalized spacial score (nSPS) is 16.1. The predicted octanol–water partition coefficient (Wildman–Crippen LogP) is 2.05. The topological polar surface area (TPSA) is 83.6 Å². The standard InChI is InChI=1S/C17H22N4O3S/c1-17(2,3)24-16(23)19-9-6-10-21-14(22)13(20-15(21)25)11-12-7-4-5-8-18-12/h4-5,7-8,11H,6,9-10H2,1-3H3,(H,19,23)(H,20,25)/b13-11-. The Morgan fingerprint density at radius 2 is 2.20 bits per heavy atom. The van der Waals surface area contributed by atoms with Gasteiger partial charge in [0.15, 0.2) is 5.11 Å². The molecule has 0 aliphatic carbocycles. The number of alkyl carbamates (subject to hydrolysis) is 1. The summed E-state index contributed by atoms with van der Waals surface area (Å²) in [4.78, 5) is 29.6. The molecule has 25 heavy (non-hydrogen) atoms. The first-order chi connectivity index (χ1) is 11.8. The molecule has 0 unspecified atom stereocenters. The predicted molar refractivity (Wildman–Crippen MR) is 98.5 cm³/mol. The Morgan fingerprint density at radius 3 is 2.84 bits per heavy atom. The molecule has 0 saturated carbocycles. The average Bonchev–Trinajstić information content (AvgIpc) is 2.78. The molecule has 0 radical (unpaired) electrons. The second kappa shape index (κ2) is 8.06. The molecule has 2 N–H and O–H groups in total. The maximum atomic E-state index is 12.4. The van der Waals surface area contributed by atoms with Crippen LogP contribution in [-0.2, 0) is 9.53 Å². The molecular formula is C17H22N4O3S. The van der Waals surface area contributed by atoms with Gasteiger partial charge in [0.1, 0.15) is 11.3 Å². The third-order valence-corrected chi connectivity index (χ3v) is 3.49. The van der Waals surface area contributed by atoms with Gasteiger partial charge in [0.05, 0.1) is 5.69 Å². The van der Waals surface area contributed by atoms with Crippen LogP contribution < -0.4 is 10.6 Å². The van der Waals surface area contributed by atoms with Gasteiger partial charge in [-0.05, 0) is 57.6 Å². The largest absolute Gasteiger partial charge is 0.444 e. The zero-order valence-corrected chi connectivity index (χ0v) is 15.4. The van der Waals surface area contributed by atoms with Gasteiger partial charge >= 0.3 is 6.09 Å². The summed E-state index contributed by atoms with van der Waals surface area (Å²) in [6, 6.07) is 5.45. The van der Waals surface area contributed by atoms with Gasteiger partial charge in [0.25, 0.3) is 5.91 Å². The van der Waals surface area contributed by atoms with Crippen LogP contribution in [0, 0.1) is 0 Å². The van der Waals surface area contributed by atoms with E-state index < -0.39 is 11.7 Å². The summed E-state index contributed by atoms with van der Waals surface area (Å²) in [6.45, 7) is 6.19. The Bertz CT molecular complexity index is 683. The maximum Gasteiger partial charge on any atom is 0.407 e. The summed E-state index contributed by atoms with van der Waals surface area (Å²) in [5.74, 6) is -0.201. The SMILES string of the molecule is CC(C)(C)OC(=O)NCCCN1C(=O)/C(=C/c2ccccn2)NC1=S. The molecule has 2 amide bonds. The van der Waals surface area contributed by atoms with Crippen LogP contribution in [-0.4, -0.2) is 45.7 Å². The van der Waals surface area contributed by atoms with E-state index in [4.69, 9.17) is 17.0 Å². The number of hydrogen-bond acceptors (Lipinski definition) is 5. The van der Waals surface area contributed by atoms with Gasteiger partial charge in [-0.3, -0.25) is 14.7 Å². The highest BCUT2D eigenvalue weighted by Crippen LogP contribution is 2.13. The number of aromatic nitrogens is 1. The van der Waals surface area contributed by atoms with Crippen LogP contribution in [0.25, 0.3) is 6.08 Å². The van der Waals surface area contributed by atoms with Crippen LogP contribution >= 0.6 is 12.2 Å². The minimum absolute atomic E-state index is 0.201. The van der Waals surface area contributed by atoms with E-state index in [2.05, 4.69) is 15.6 Å². The van der Waals surface area contributed by atoms with Crippen molar-refractivity contribution in [3.8, 4) is 0 Å². The minimum atomic E-state index is -0.536. The van der Waals surface area contributed by atoms with Gasteiger partial charge in [0, 0.05) is 19.3 Å². The van der Waals surface area contributed by atoms with Crippen LogP contribution in [0.4, 0.5) is 4.79 Å². The summed E-state index contributed by atoms with van der Waals surface area (Å²) in [7, 11) is 0. The number of hydrogen-bond donors (Lipinski definition) is 2. The van der Waals surface area contributed by atoms with E-state index in [1.807, 2.05) is 6.07 Å². The molecule has 1 aliphatic heterocycles. The number of carbonyl (C=O) groups excluding carboxylic acids is 2. The second-order valence-corrected chi connectivity index (χ2v) is 6.87. The highest BCUT2D eigenvalue weighted by Gasteiger charge is 2.30. The zero-order valence-electron chi connectivity index (χ0n) is 14.5. The van der Waals surface area contributed by atoms with Crippen molar-refractivity contribution in [1.82, 2.24) is 20.5 Å². The van der Waals surface area contributed by atoms with Crippen molar-refractivity contribution >= 4 is 35.4 Å². The number of rotatable bonds is 5. The van der Waals surface area contributed by atoms with E-state index in [0.717, 1.165) is 0 Å². The number of amides is 2. The molecule has 134 valence electrons.